The summed E-state index contributed by atoms with van der Waals surface area (Å²) in [7, 11) is 0. The molecular weight excluding hydrogens is 102 g/mol. The summed E-state index contributed by atoms with van der Waals surface area (Å²) < 4.78 is 0. The number of hydrogen-bond acceptors (Lipinski definition) is 1. The molecule has 0 aromatic rings. The zero-order chi connectivity index (χ0) is 4.28. The maximum atomic E-state index is 9.37. The third-order valence-corrected chi connectivity index (χ3v) is 0.302. The molecule has 0 aromatic heterocycles. The average Bonchev–Trinajstić information content (AvgIpc) is 1.38. The van der Waals surface area contributed by atoms with Gasteiger partial charge in [0.1, 0.15) is 0 Å². The molecule has 0 bridgehead atoms. The Hall–Kier alpha value is 0.600. The van der Waals surface area contributed by atoms with Gasteiger partial charge in [0.05, 0.1) is 0 Å². The predicted octanol–water partition coefficient (Wildman–Crippen LogP) is -3.59. The Morgan fingerprint density at radius 1 is 1.86 bits per heavy atom. The van der Waals surface area contributed by atoms with Gasteiger partial charge in [0.2, 0.25) is 0 Å². The summed E-state index contributed by atoms with van der Waals surface area (Å²) in [6, 6.07) is 0. The molecule has 4 heteroatoms. The summed E-state index contributed by atoms with van der Waals surface area (Å²) in [4.78, 5) is 9.37. The SMILES string of the molecule is CCC(=O)O.[AlH3].[H-].[Li+]. The van der Waals surface area contributed by atoms with Gasteiger partial charge in [-0.05, 0) is 0 Å². The molecule has 7 heavy (non-hydrogen) atoms. The molecule has 0 saturated heterocycles. The molecule has 38 valence electrons. The molecule has 0 rings (SSSR count). The summed E-state index contributed by atoms with van der Waals surface area (Å²) >= 11 is 0. The van der Waals surface area contributed by atoms with E-state index in [1.54, 1.807) is 6.92 Å². The molecule has 0 aliphatic carbocycles. The summed E-state index contributed by atoms with van der Waals surface area (Å²) in [5.41, 5.74) is 0. The topological polar surface area (TPSA) is 37.3 Å². The van der Waals surface area contributed by atoms with Crippen LogP contribution in [0.5, 0.6) is 0 Å². The van der Waals surface area contributed by atoms with Gasteiger partial charge in [-0.15, -0.1) is 0 Å². The van der Waals surface area contributed by atoms with Crippen LogP contribution in [-0.4, -0.2) is 28.4 Å². The van der Waals surface area contributed by atoms with E-state index >= 15 is 0 Å². The largest absolute Gasteiger partial charge is 1.00 e. The van der Waals surface area contributed by atoms with Crippen molar-refractivity contribution in [2.45, 2.75) is 13.3 Å². The maximum Gasteiger partial charge on any atom is 1.00 e. The first-order valence-electron chi connectivity index (χ1n) is 1.49. The van der Waals surface area contributed by atoms with Crippen LogP contribution in [0.3, 0.4) is 0 Å². The van der Waals surface area contributed by atoms with E-state index < -0.39 is 5.97 Å². The van der Waals surface area contributed by atoms with Gasteiger partial charge < -0.3 is 6.53 Å². The number of carboxylic acids is 1. The van der Waals surface area contributed by atoms with Gasteiger partial charge >= 0.3 is 24.8 Å². The molecule has 0 saturated carbocycles. The van der Waals surface area contributed by atoms with Crippen molar-refractivity contribution in [3.8, 4) is 0 Å². The Morgan fingerprint density at radius 3 is 2.00 bits per heavy atom. The van der Waals surface area contributed by atoms with E-state index in [1.807, 2.05) is 0 Å². The standard InChI is InChI=1S/C3H6O2.Al.Li.4H/c1-2-3(4)5;;;;;;/h2H2,1H3,(H,4,5);;;;;;/q;;+1;;;;-1. The molecular formula is C3H10AlLiO2. The summed E-state index contributed by atoms with van der Waals surface area (Å²) in [5.74, 6) is -0.745. The first-order chi connectivity index (χ1) is 2.27. The summed E-state index contributed by atoms with van der Waals surface area (Å²) in [6.45, 7) is 1.60. The molecule has 0 heterocycles. The fourth-order valence-corrected chi connectivity index (χ4v) is 0. The van der Waals surface area contributed by atoms with Crippen molar-refractivity contribution in [1.29, 1.82) is 0 Å². The fraction of sp³-hybridized carbons (Fsp3) is 0.667. The fourth-order valence-electron chi connectivity index (χ4n) is 0. The van der Waals surface area contributed by atoms with Crippen LogP contribution in [0.15, 0.2) is 0 Å². The minimum Gasteiger partial charge on any atom is -1.00 e. The minimum atomic E-state index is -0.745. The molecule has 0 aliphatic heterocycles. The molecule has 0 spiro atoms. The molecule has 0 aromatic carbocycles. The number of aliphatic carboxylic acids is 1. The van der Waals surface area contributed by atoms with Crippen LogP contribution in [0, 0.1) is 0 Å². The van der Waals surface area contributed by atoms with Gasteiger partial charge in [-0.3, -0.25) is 4.79 Å². The van der Waals surface area contributed by atoms with Crippen LogP contribution in [0.1, 0.15) is 14.8 Å². The second-order valence-electron chi connectivity index (χ2n) is 0.747. The smallest absolute Gasteiger partial charge is 1.00 e. The van der Waals surface area contributed by atoms with Crippen LogP contribution >= 0.6 is 0 Å². The quantitative estimate of drug-likeness (QED) is 0.356. The molecule has 2 nitrogen and oxygen atoms in total. The van der Waals surface area contributed by atoms with Crippen molar-refractivity contribution in [3.63, 3.8) is 0 Å². The monoisotopic (exact) mass is 112 g/mol. The van der Waals surface area contributed by atoms with E-state index in [-0.39, 0.29) is 44.1 Å². The Balaban J connectivity index is -0.0000000267. The predicted molar refractivity (Wildman–Crippen MR) is 29.0 cm³/mol. The Kier molecular flexibility index (Phi) is 21.9. The molecule has 1 N–H and O–H groups in total. The minimum absolute atomic E-state index is 0. The molecule has 0 atom stereocenters. The number of carbonyl (C=O) groups is 1. The van der Waals surface area contributed by atoms with Crippen molar-refractivity contribution in [2.24, 2.45) is 0 Å². The molecule has 0 unspecified atom stereocenters. The van der Waals surface area contributed by atoms with E-state index in [1.165, 1.54) is 0 Å². The average molecular weight is 112 g/mol. The van der Waals surface area contributed by atoms with E-state index in [4.69, 9.17) is 5.11 Å². The van der Waals surface area contributed by atoms with Crippen LogP contribution in [-0.2, 0) is 4.79 Å². The number of rotatable bonds is 1. The van der Waals surface area contributed by atoms with Crippen LogP contribution in [0.4, 0.5) is 0 Å². The zero-order valence-corrected chi connectivity index (χ0v) is 4.06. The normalized spacial score (nSPS) is 5.29. The van der Waals surface area contributed by atoms with Crippen molar-refractivity contribution >= 4 is 23.3 Å². The second kappa shape index (κ2) is 9.78. The van der Waals surface area contributed by atoms with Gasteiger partial charge in [0.25, 0.3) is 0 Å². The van der Waals surface area contributed by atoms with Gasteiger partial charge in [-0.1, -0.05) is 6.92 Å². The molecule has 0 fully saturated rings. The van der Waals surface area contributed by atoms with E-state index in [2.05, 4.69) is 0 Å². The Bertz CT molecular complexity index is 52.5. The summed E-state index contributed by atoms with van der Waals surface area (Å²) in [6.07, 6.45) is 0.222. The van der Waals surface area contributed by atoms with Crippen molar-refractivity contribution in [2.75, 3.05) is 0 Å². The third kappa shape index (κ3) is 20.7. The Labute approximate surface area is 67.1 Å². The van der Waals surface area contributed by atoms with E-state index in [9.17, 15) is 4.79 Å². The van der Waals surface area contributed by atoms with E-state index in [0.717, 1.165) is 0 Å². The van der Waals surface area contributed by atoms with Crippen LogP contribution in [0.25, 0.3) is 0 Å². The van der Waals surface area contributed by atoms with Crippen molar-refractivity contribution in [3.05, 3.63) is 0 Å². The van der Waals surface area contributed by atoms with Crippen molar-refractivity contribution < 1.29 is 30.2 Å². The second-order valence-corrected chi connectivity index (χ2v) is 0.747. The van der Waals surface area contributed by atoms with Gasteiger partial charge in [0.15, 0.2) is 17.4 Å². The molecule has 0 radical (unpaired) electrons. The van der Waals surface area contributed by atoms with Gasteiger partial charge in [0, 0.05) is 6.42 Å². The van der Waals surface area contributed by atoms with E-state index in [0.29, 0.717) is 0 Å². The van der Waals surface area contributed by atoms with Gasteiger partial charge in [-0.25, -0.2) is 0 Å². The molecule has 0 amide bonds. The molecule has 0 aliphatic rings. The van der Waals surface area contributed by atoms with Crippen LogP contribution in [0.2, 0.25) is 0 Å². The maximum absolute atomic E-state index is 9.37. The number of carboxylic acid groups (broad SMARTS) is 1. The number of hydrogen-bond donors (Lipinski definition) is 1. The van der Waals surface area contributed by atoms with Gasteiger partial charge in [-0.2, -0.15) is 0 Å². The Morgan fingerprint density at radius 2 is 2.00 bits per heavy atom. The van der Waals surface area contributed by atoms with Crippen LogP contribution < -0.4 is 18.9 Å². The summed E-state index contributed by atoms with van der Waals surface area (Å²) in [5, 5.41) is 7.72. The first-order valence-corrected chi connectivity index (χ1v) is 1.49. The zero-order valence-electron chi connectivity index (χ0n) is 5.06. The first kappa shape index (κ1) is 15.6. The van der Waals surface area contributed by atoms with Crippen molar-refractivity contribution in [1.82, 2.24) is 0 Å². The third-order valence-electron chi connectivity index (χ3n) is 0.302.